The summed E-state index contributed by atoms with van der Waals surface area (Å²) in [5.74, 6) is -0.0524. The van der Waals surface area contributed by atoms with Gasteiger partial charge in [0.05, 0.1) is 10.3 Å². The van der Waals surface area contributed by atoms with Gasteiger partial charge in [-0.05, 0) is 25.3 Å². The highest BCUT2D eigenvalue weighted by Gasteiger charge is 2.17. The topological polar surface area (TPSA) is 44.3 Å². The van der Waals surface area contributed by atoms with E-state index in [-0.39, 0.29) is 11.5 Å². The second-order valence-electron chi connectivity index (χ2n) is 5.23. The molecule has 102 valence electrons. The number of rotatable bonds is 3. The number of aromatic nitrogens is 1. The van der Waals surface area contributed by atoms with E-state index in [1.54, 1.807) is 11.8 Å². The molecule has 4 heteroatoms. The Labute approximate surface area is 117 Å². The molecule has 1 aromatic carbocycles. The van der Waals surface area contributed by atoms with Gasteiger partial charge in [-0.25, -0.2) is 4.57 Å². The van der Waals surface area contributed by atoms with Crippen LogP contribution in [0.3, 0.4) is 0 Å². The summed E-state index contributed by atoms with van der Waals surface area (Å²) in [6, 6.07) is 4.22. The van der Waals surface area contributed by atoms with E-state index in [0.717, 1.165) is 10.3 Å². The van der Waals surface area contributed by atoms with Gasteiger partial charge in [0.15, 0.2) is 29.9 Å². The van der Waals surface area contributed by atoms with Crippen molar-refractivity contribution in [2.24, 2.45) is 0 Å². The van der Waals surface area contributed by atoms with Crippen molar-refractivity contribution in [1.82, 2.24) is 0 Å². The maximum Gasteiger partial charge on any atom is 0.180 e. The Morgan fingerprint density at radius 3 is 2.37 bits per heavy atom. The summed E-state index contributed by atoms with van der Waals surface area (Å²) in [4.78, 5) is 0.724. The fourth-order valence-electron chi connectivity index (χ4n) is 1.97. The van der Waals surface area contributed by atoms with Crippen LogP contribution in [0.5, 0.6) is 11.5 Å². The summed E-state index contributed by atoms with van der Waals surface area (Å²) >= 11 is 1.55. The molecule has 0 bridgehead atoms. The zero-order chi connectivity index (χ0) is 14.2. The quantitative estimate of drug-likeness (QED) is 0.512. The second kappa shape index (κ2) is 5.29. The number of nitrogens with zero attached hydrogens (tertiary/aromatic N) is 1. The Bertz CT molecular complexity index is 609. The zero-order valence-corrected chi connectivity index (χ0v) is 12.5. The first kappa shape index (κ1) is 14.0. The molecule has 3 nitrogen and oxygen atoms in total. The van der Waals surface area contributed by atoms with E-state index in [1.807, 2.05) is 29.1 Å². The summed E-state index contributed by atoms with van der Waals surface area (Å²) < 4.78 is 2.01. The first-order valence-electron chi connectivity index (χ1n) is 6.46. The Balaban J connectivity index is 2.62. The van der Waals surface area contributed by atoms with Crippen LogP contribution in [0.2, 0.25) is 0 Å². The van der Waals surface area contributed by atoms with Gasteiger partial charge in [0.2, 0.25) is 0 Å². The molecule has 0 aliphatic rings. The van der Waals surface area contributed by atoms with Crippen molar-refractivity contribution in [2.45, 2.75) is 43.9 Å². The number of phenols is 2. The number of hydrogen-bond donors (Lipinski definition) is 2. The molecule has 0 atom stereocenters. The van der Waals surface area contributed by atoms with Gasteiger partial charge in [-0.1, -0.05) is 13.8 Å². The van der Waals surface area contributed by atoms with Gasteiger partial charge in [0.25, 0.3) is 0 Å². The van der Waals surface area contributed by atoms with Crippen LogP contribution in [-0.4, -0.2) is 15.5 Å². The predicted octanol–water partition coefficient (Wildman–Crippen LogP) is 3.62. The summed E-state index contributed by atoms with van der Waals surface area (Å²) in [7, 11) is 0. The summed E-state index contributed by atoms with van der Waals surface area (Å²) in [6.07, 6.45) is 3.87. The van der Waals surface area contributed by atoms with Gasteiger partial charge in [0, 0.05) is 11.3 Å². The van der Waals surface area contributed by atoms with E-state index >= 15 is 0 Å². The number of aromatic hydroxyl groups is 2. The third-order valence-electron chi connectivity index (χ3n) is 2.97. The number of thioether (sulfide) groups is 1. The summed E-state index contributed by atoms with van der Waals surface area (Å²) in [6.45, 7) is 8.27. The molecule has 2 rings (SSSR count). The van der Waals surface area contributed by atoms with Crippen LogP contribution in [0.1, 0.15) is 33.7 Å². The molecule has 0 saturated heterocycles. The van der Waals surface area contributed by atoms with Crippen molar-refractivity contribution in [1.29, 1.82) is 0 Å². The molecule has 19 heavy (non-hydrogen) atoms. The highest BCUT2D eigenvalue weighted by atomic mass is 32.2. The predicted molar refractivity (Wildman–Crippen MR) is 78.9 cm³/mol. The lowest BCUT2D eigenvalue weighted by molar-refractivity contribution is -0.715. The maximum absolute atomic E-state index is 10.2. The molecule has 1 aromatic heterocycles. The first-order chi connectivity index (χ1) is 8.90. The summed E-state index contributed by atoms with van der Waals surface area (Å²) in [5, 5.41) is 22.3. The molecule has 0 amide bonds. The Morgan fingerprint density at radius 1 is 1.11 bits per heavy atom. The van der Waals surface area contributed by atoms with Crippen molar-refractivity contribution in [2.75, 3.05) is 0 Å². The van der Waals surface area contributed by atoms with Crippen molar-refractivity contribution < 1.29 is 14.8 Å². The van der Waals surface area contributed by atoms with Crippen LogP contribution < -0.4 is 4.57 Å². The lowest BCUT2D eigenvalue weighted by Gasteiger charge is -2.11. The van der Waals surface area contributed by atoms with Gasteiger partial charge in [-0.2, -0.15) is 0 Å². The second-order valence-corrected chi connectivity index (χ2v) is 6.85. The van der Waals surface area contributed by atoms with Gasteiger partial charge in [-0.3, -0.25) is 0 Å². The zero-order valence-electron chi connectivity index (χ0n) is 11.7. The minimum absolute atomic E-state index is 0.0206. The normalized spacial score (nSPS) is 11.7. The Hall–Kier alpha value is -1.42. The van der Waals surface area contributed by atoms with Crippen molar-refractivity contribution >= 4 is 22.5 Å². The van der Waals surface area contributed by atoms with Gasteiger partial charge in [0.1, 0.15) is 0 Å². The van der Waals surface area contributed by atoms with Crippen LogP contribution in [0.15, 0.2) is 29.4 Å². The van der Waals surface area contributed by atoms with Crippen LogP contribution in [0, 0.1) is 0 Å². The highest BCUT2D eigenvalue weighted by molar-refractivity contribution is 8.00. The third-order valence-corrected chi connectivity index (χ3v) is 4.01. The van der Waals surface area contributed by atoms with Crippen molar-refractivity contribution in [3.8, 4) is 11.5 Å². The number of phenolic OH excluding ortho intramolecular Hbond substituents is 2. The molecule has 0 aliphatic heterocycles. The maximum atomic E-state index is 10.2. The van der Waals surface area contributed by atoms with E-state index in [1.165, 1.54) is 0 Å². The average Bonchev–Trinajstić information content (AvgIpc) is 2.34. The van der Waals surface area contributed by atoms with Gasteiger partial charge >= 0.3 is 0 Å². The smallest absolute Gasteiger partial charge is 0.180 e. The average molecular weight is 278 g/mol. The van der Waals surface area contributed by atoms with Crippen molar-refractivity contribution in [3.05, 3.63) is 24.5 Å². The molecule has 0 radical (unpaired) electrons. The minimum atomic E-state index is -0.0318. The highest BCUT2D eigenvalue weighted by Crippen LogP contribution is 2.42. The van der Waals surface area contributed by atoms with Crippen LogP contribution in [-0.2, 0) is 0 Å². The van der Waals surface area contributed by atoms with E-state index in [2.05, 4.69) is 27.7 Å². The lowest BCUT2D eigenvalue weighted by Crippen LogP contribution is -2.34. The fraction of sp³-hybridized carbons (Fsp3) is 0.400. The van der Waals surface area contributed by atoms with Gasteiger partial charge < -0.3 is 10.2 Å². The third kappa shape index (κ3) is 2.78. The van der Waals surface area contributed by atoms with Crippen LogP contribution in [0.4, 0.5) is 0 Å². The molecule has 0 saturated carbocycles. The molecule has 0 spiro atoms. The van der Waals surface area contributed by atoms with Crippen LogP contribution in [0.25, 0.3) is 10.8 Å². The fourth-order valence-corrected chi connectivity index (χ4v) is 2.88. The number of benzene rings is 1. The molecule has 1 heterocycles. The Kier molecular flexibility index (Phi) is 3.90. The lowest BCUT2D eigenvalue weighted by atomic mass is 10.1. The largest absolute Gasteiger partial charge is 0.504 e. The van der Waals surface area contributed by atoms with E-state index in [0.29, 0.717) is 16.7 Å². The van der Waals surface area contributed by atoms with Gasteiger partial charge in [-0.15, -0.1) is 11.8 Å². The molecule has 0 fully saturated rings. The molecular formula is C15H20NO2S+. The molecule has 2 N–H and O–H groups in total. The summed E-state index contributed by atoms with van der Waals surface area (Å²) in [5.41, 5.74) is 0. The number of fused-ring (bicyclic) bond motifs is 1. The molecular weight excluding hydrogens is 258 g/mol. The van der Waals surface area contributed by atoms with E-state index in [9.17, 15) is 10.2 Å². The Morgan fingerprint density at radius 2 is 1.79 bits per heavy atom. The first-order valence-corrected chi connectivity index (χ1v) is 7.34. The van der Waals surface area contributed by atoms with E-state index in [4.69, 9.17) is 0 Å². The minimum Gasteiger partial charge on any atom is -0.504 e. The SMILES string of the molecule is CC(C)Sc1cc2cc[n+](C(C)C)cc2c(O)c1O. The standard InChI is InChI=1S/C15H19NO2S/c1-9(2)16-6-5-11-7-13(19-10(3)4)15(18)14(17)12(11)8-16/h5-10,18H,1-4H3/p+1. The molecule has 0 unspecified atom stereocenters. The molecule has 0 aliphatic carbocycles. The van der Waals surface area contributed by atoms with Crippen molar-refractivity contribution in [3.63, 3.8) is 0 Å². The number of pyridine rings is 1. The molecule has 2 aromatic rings. The number of hydrogen-bond acceptors (Lipinski definition) is 3. The van der Waals surface area contributed by atoms with Crippen LogP contribution >= 0.6 is 11.8 Å². The monoisotopic (exact) mass is 278 g/mol. The van der Waals surface area contributed by atoms with E-state index < -0.39 is 0 Å².